The number of hydrogen-bond donors (Lipinski definition) is 1. The summed E-state index contributed by atoms with van der Waals surface area (Å²) in [5.74, 6) is 1.03. The van der Waals surface area contributed by atoms with Crippen molar-refractivity contribution in [3.8, 4) is 0 Å². The number of thiazole rings is 1. The second-order valence-corrected chi connectivity index (χ2v) is 5.01. The number of rotatable bonds is 5. The van der Waals surface area contributed by atoms with Crippen molar-refractivity contribution in [3.05, 3.63) is 16.1 Å². The van der Waals surface area contributed by atoms with Gasteiger partial charge in [0.15, 0.2) is 0 Å². The highest BCUT2D eigenvalue weighted by Crippen LogP contribution is 2.14. The van der Waals surface area contributed by atoms with E-state index in [0.717, 1.165) is 12.3 Å². The molecule has 0 atom stereocenters. The third-order valence-electron chi connectivity index (χ3n) is 1.56. The monoisotopic (exact) mass is 216 g/mol. The smallest absolute Gasteiger partial charge is 0.103 e. The Morgan fingerprint density at radius 1 is 1.62 bits per heavy atom. The van der Waals surface area contributed by atoms with Gasteiger partial charge in [0.25, 0.3) is 0 Å². The molecule has 0 amide bonds. The van der Waals surface area contributed by atoms with Gasteiger partial charge >= 0.3 is 0 Å². The molecule has 0 spiro atoms. The van der Waals surface area contributed by atoms with Gasteiger partial charge in [-0.3, -0.25) is 0 Å². The van der Waals surface area contributed by atoms with E-state index >= 15 is 0 Å². The van der Waals surface area contributed by atoms with Crippen LogP contribution in [0.5, 0.6) is 0 Å². The Balaban J connectivity index is 2.39. The molecule has 4 heteroatoms. The van der Waals surface area contributed by atoms with E-state index < -0.39 is 0 Å². The molecule has 2 nitrogen and oxygen atoms in total. The molecule has 0 radical (unpaired) electrons. The Labute approximate surface area is 88.2 Å². The van der Waals surface area contributed by atoms with Crippen molar-refractivity contribution < 1.29 is 0 Å². The van der Waals surface area contributed by atoms with Crippen molar-refractivity contribution in [2.45, 2.75) is 32.2 Å². The summed E-state index contributed by atoms with van der Waals surface area (Å²) in [5, 5.41) is 6.72. The molecule has 0 aliphatic heterocycles. The maximum Gasteiger partial charge on any atom is 0.103 e. The SMILES string of the molecule is CSCc1nc(CNC(C)C)cs1. The predicted octanol–water partition coefficient (Wildman–Crippen LogP) is 2.50. The lowest BCUT2D eigenvalue weighted by atomic mass is 10.4. The number of aromatic nitrogens is 1. The molecule has 1 heterocycles. The van der Waals surface area contributed by atoms with Crippen LogP contribution < -0.4 is 5.32 Å². The van der Waals surface area contributed by atoms with Crippen LogP contribution in [0.3, 0.4) is 0 Å². The molecule has 1 N–H and O–H groups in total. The molecule has 0 saturated carbocycles. The van der Waals surface area contributed by atoms with Crippen LogP contribution >= 0.6 is 23.1 Å². The molecule has 0 aromatic carbocycles. The van der Waals surface area contributed by atoms with Gasteiger partial charge in [0.05, 0.1) is 5.69 Å². The fourth-order valence-corrected chi connectivity index (χ4v) is 2.44. The molecule has 0 fully saturated rings. The molecule has 1 aromatic heterocycles. The second kappa shape index (κ2) is 5.62. The van der Waals surface area contributed by atoms with Gasteiger partial charge in [0.2, 0.25) is 0 Å². The number of thioether (sulfide) groups is 1. The highest BCUT2D eigenvalue weighted by Gasteiger charge is 2.01. The molecule has 1 rings (SSSR count). The highest BCUT2D eigenvalue weighted by molar-refractivity contribution is 7.97. The van der Waals surface area contributed by atoms with Gasteiger partial charge in [-0.15, -0.1) is 11.3 Å². The zero-order valence-corrected chi connectivity index (χ0v) is 9.97. The molecular weight excluding hydrogens is 200 g/mol. The quantitative estimate of drug-likeness (QED) is 0.818. The number of nitrogens with zero attached hydrogens (tertiary/aromatic N) is 1. The second-order valence-electron chi connectivity index (χ2n) is 3.20. The van der Waals surface area contributed by atoms with E-state index in [-0.39, 0.29) is 0 Å². The summed E-state index contributed by atoms with van der Waals surface area (Å²) in [7, 11) is 0. The van der Waals surface area contributed by atoms with E-state index in [2.05, 4.69) is 35.8 Å². The van der Waals surface area contributed by atoms with Crippen LogP contribution in [0, 0.1) is 0 Å². The molecule has 0 aliphatic carbocycles. The van der Waals surface area contributed by atoms with Gasteiger partial charge in [-0.05, 0) is 6.26 Å². The Hall–Kier alpha value is -0.0600. The topological polar surface area (TPSA) is 24.9 Å². The van der Waals surface area contributed by atoms with E-state index in [9.17, 15) is 0 Å². The third-order valence-corrected chi connectivity index (χ3v) is 3.20. The first-order valence-corrected chi connectivity index (χ1v) is 6.65. The summed E-state index contributed by atoms with van der Waals surface area (Å²) >= 11 is 3.57. The van der Waals surface area contributed by atoms with Crippen molar-refractivity contribution in [2.75, 3.05) is 6.26 Å². The van der Waals surface area contributed by atoms with Crippen molar-refractivity contribution >= 4 is 23.1 Å². The Morgan fingerprint density at radius 2 is 2.38 bits per heavy atom. The van der Waals surface area contributed by atoms with Crippen LogP contribution in [0.15, 0.2) is 5.38 Å². The molecule has 0 saturated heterocycles. The van der Waals surface area contributed by atoms with Gasteiger partial charge in [0.1, 0.15) is 5.01 Å². The molecule has 13 heavy (non-hydrogen) atoms. The first kappa shape index (κ1) is 11.0. The molecule has 0 bridgehead atoms. The minimum atomic E-state index is 0.533. The Morgan fingerprint density at radius 3 is 3.00 bits per heavy atom. The van der Waals surface area contributed by atoms with Gasteiger partial charge in [-0.1, -0.05) is 13.8 Å². The zero-order chi connectivity index (χ0) is 9.68. The van der Waals surface area contributed by atoms with Crippen LogP contribution in [0.4, 0.5) is 0 Å². The summed E-state index contributed by atoms with van der Waals surface area (Å²) in [6, 6.07) is 0.533. The highest BCUT2D eigenvalue weighted by atomic mass is 32.2. The van der Waals surface area contributed by atoms with Gasteiger partial charge < -0.3 is 5.32 Å². The summed E-state index contributed by atoms with van der Waals surface area (Å²) in [4.78, 5) is 4.51. The normalized spacial score (nSPS) is 11.1. The fourth-order valence-electron chi connectivity index (χ4n) is 0.929. The summed E-state index contributed by atoms with van der Waals surface area (Å²) < 4.78 is 0. The van der Waals surface area contributed by atoms with Gasteiger partial charge in [-0.2, -0.15) is 11.8 Å². The lowest BCUT2D eigenvalue weighted by Gasteiger charge is -2.04. The zero-order valence-electron chi connectivity index (χ0n) is 8.33. The van der Waals surface area contributed by atoms with Crippen LogP contribution in [-0.2, 0) is 12.3 Å². The Kier molecular flexibility index (Phi) is 4.77. The molecular formula is C9H16N2S2. The standard InChI is InChI=1S/C9H16N2S2/c1-7(2)10-4-8-5-13-9(11-8)6-12-3/h5,7,10H,4,6H2,1-3H3. The Bertz CT molecular complexity index is 246. The maximum atomic E-state index is 4.51. The van der Waals surface area contributed by atoms with E-state index in [1.165, 1.54) is 10.7 Å². The van der Waals surface area contributed by atoms with Gasteiger partial charge in [0, 0.05) is 23.7 Å². The first-order valence-electron chi connectivity index (χ1n) is 4.38. The van der Waals surface area contributed by atoms with E-state index in [4.69, 9.17) is 0 Å². The lowest BCUT2D eigenvalue weighted by molar-refractivity contribution is 0.582. The van der Waals surface area contributed by atoms with Gasteiger partial charge in [-0.25, -0.2) is 4.98 Å². The number of hydrogen-bond acceptors (Lipinski definition) is 4. The summed E-state index contributed by atoms with van der Waals surface area (Å²) in [5.41, 5.74) is 1.17. The predicted molar refractivity (Wildman–Crippen MR) is 61.3 cm³/mol. The average Bonchev–Trinajstić information content (AvgIpc) is 2.50. The van der Waals surface area contributed by atoms with Crippen molar-refractivity contribution in [1.29, 1.82) is 0 Å². The van der Waals surface area contributed by atoms with Crippen molar-refractivity contribution in [3.63, 3.8) is 0 Å². The lowest BCUT2D eigenvalue weighted by Crippen LogP contribution is -2.21. The minimum Gasteiger partial charge on any atom is -0.309 e. The van der Waals surface area contributed by atoms with Crippen molar-refractivity contribution in [2.24, 2.45) is 0 Å². The van der Waals surface area contributed by atoms with Crippen LogP contribution in [0.25, 0.3) is 0 Å². The van der Waals surface area contributed by atoms with E-state index in [1.54, 1.807) is 11.3 Å². The van der Waals surface area contributed by atoms with E-state index in [0.29, 0.717) is 6.04 Å². The average molecular weight is 216 g/mol. The molecule has 0 aliphatic rings. The largest absolute Gasteiger partial charge is 0.309 e. The molecule has 1 aromatic rings. The fraction of sp³-hybridized carbons (Fsp3) is 0.667. The minimum absolute atomic E-state index is 0.533. The first-order chi connectivity index (χ1) is 6.22. The van der Waals surface area contributed by atoms with Crippen LogP contribution in [-0.4, -0.2) is 17.3 Å². The molecule has 74 valence electrons. The third kappa shape index (κ3) is 4.11. The summed E-state index contributed by atoms with van der Waals surface area (Å²) in [6.45, 7) is 5.19. The number of nitrogens with one attached hydrogen (secondary N) is 1. The maximum absolute atomic E-state index is 4.51. The van der Waals surface area contributed by atoms with Crippen LogP contribution in [0.2, 0.25) is 0 Å². The molecule has 0 unspecified atom stereocenters. The van der Waals surface area contributed by atoms with Crippen LogP contribution in [0.1, 0.15) is 24.5 Å². The summed E-state index contributed by atoms with van der Waals surface area (Å²) in [6.07, 6.45) is 2.10. The van der Waals surface area contributed by atoms with Crippen molar-refractivity contribution in [1.82, 2.24) is 10.3 Å². The van der Waals surface area contributed by atoms with E-state index in [1.807, 2.05) is 11.8 Å².